The Morgan fingerprint density at radius 3 is 2.50 bits per heavy atom. The van der Waals surface area contributed by atoms with Crippen molar-refractivity contribution in [3.8, 4) is 0 Å². The van der Waals surface area contributed by atoms with Gasteiger partial charge in [-0.25, -0.2) is 14.8 Å². The van der Waals surface area contributed by atoms with Gasteiger partial charge >= 0.3 is 6.03 Å². The average molecular weight is 280 g/mol. The van der Waals surface area contributed by atoms with Crippen LogP contribution in [-0.4, -0.2) is 48.1 Å². The van der Waals surface area contributed by atoms with Crippen LogP contribution in [0.1, 0.15) is 26.6 Å². The van der Waals surface area contributed by atoms with E-state index in [0.29, 0.717) is 30.5 Å². The van der Waals surface area contributed by atoms with Gasteiger partial charge < -0.3 is 21.3 Å². The Hall–Kier alpha value is -2.05. The molecule has 0 saturated heterocycles. The number of nitrogens with one attached hydrogen (secondary N) is 2. The van der Waals surface area contributed by atoms with Gasteiger partial charge in [0.05, 0.1) is 0 Å². The van der Waals surface area contributed by atoms with E-state index in [2.05, 4.69) is 20.6 Å². The standard InChI is InChI=1S/C13H24N6O/c1-13(2,3)11-17-9(14)8-10(18-11)15-6-7-16-12(20)19(4)5/h8H,6-7H2,1-5H3,(H,16,20)(H3,14,15,17,18). The summed E-state index contributed by atoms with van der Waals surface area (Å²) in [5, 5.41) is 5.89. The second-order valence-electron chi connectivity index (χ2n) is 5.80. The number of nitrogen functional groups attached to an aromatic ring is 1. The zero-order chi connectivity index (χ0) is 15.3. The summed E-state index contributed by atoms with van der Waals surface area (Å²) < 4.78 is 0. The Balaban J connectivity index is 2.56. The highest BCUT2D eigenvalue weighted by Gasteiger charge is 2.18. The highest BCUT2D eigenvalue weighted by Crippen LogP contribution is 2.20. The molecule has 1 aromatic rings. The van der Waals surface area contributed by atoms with E-state index in [0.717, 1.165) is 0 Å². The quantitative estimate of drug-likeness (QED) is 0.716. The first-order chi connectivity index (χ1) is 9.20. The minimum Gasteiger partial charge on any atom is -0.384 e. The molecule has 0 aliphatic rings. The van der Waals surface area contributed by atoms with Crippen molar-refractivity contribution in [1.29, 1.82) is 0 Å². The van der Waals surface area contributed by atoms with Gasteiger partial charge in [0.15, 0.2) is 0 Å². The normalized spacial score (nSPS) is 11.1. The van der Waals surface area contributed by atoms with E-state index in [1.54, 1.807) is 20.2 Å². The van der Waals surface area contributed by atoms with Crippen LogP contribution in [0.4, 0.5) is 16.4 Å². The molecule has 0 spiro atoms. The first-order valence-corrected chi connectivity index (χ1v) is 6.54. The molecule has 7 heteroatoms. The maximum Gasteiger partial charge on any atom is 0.316 e. The number of anilines is 2. The number of hydrogen-bond acceptors (Lipinski definition) is 5. The fourth-order valence-electron chi connectivity index (χ4n) is 1.41. The second kappa shape index (κ2) is 6.40. The van der Waals surface area contributed by atoms with Gasteiger partial charge in [-0.1, -0.05) is 20.8 Å². The molecule has 112 valence electrons. The number of nitrogens with two attached hydrogens (primary N) is 1. The van der Waals surface area contributed by atoms with Crippen molar-refractivity contribution < 1.29 is 4.79 Å². The molecular formula is C13H24N6O. The Kier molecular flexibility index (Phi) is 5.12. The molecule has 0 aliphatic heterocycles. The molecular weight excluding hydrogens is 256 g/mol. The topological polar surface area (TPSA) is 96.2 Å². The average Bonchev–Trinajstić information content (AvgIpc) is 2.32. The van der Waals surface area contributed by atoms with Crippen LogP contribution in [0, 0.1) is 0 Å². The zero-order valence-electron chi connectivity index (χ0n) is 12.8. The number of nitrogens with zero attached hydrogens (tertiary/aromatic N) is 3. The molecule has 0 unspecified atom stereocenters. The molecule has 0 radical (unpaired) electrons. The van der Waals surface area contributed by atoms with Crippen molar-refractivity contribution in [2.24, 2.45) is 0 Å². The lowest BCUT2D eigenvalue weighted by molar-refractivity contribution is 0.218. The maximum atomic E-state index is 11.3. The fraction of sp³-hybridized carbons (Fsp3) is 0.615. The van der Waals surface area contributed by atoms with Crippen LogP contribution in [0.3, 0.4) is 0 Å². The highest BCUT2D eigenvalue weighted by molar-refractivity contribution is 5.73. The first kappa shape index (κ1) is 16.0. The van der Waals surface area contributed by atoms with Crippen molar-refractivity contribution >= 4 is 17.7 Å². The molecule has 2 amide bonds. The summed E-state index contributed by atoms with van der Waals surface area (Å²) in [4.78, 5) is 21.5. The van der Waals surface area contributed by atoms with Gasteiger partial charge in [0.1, 0.15) is 17.5 Å². The molecule has 0 aliphatic carbocycles. The third-order valence-corrected chi connectivity index (χ3v) is 2.53. The minimum absolute atomic E-state index is 0.121. The van der Waals surface area contributed by atoms with Crippen LogP contribution < -0.4 is 16.4 Å². The van der Waals surface area contributed by atoms with E-state index in [-0.39, 0.29) is 11.4 Å². The number of rotatable bonds is 4. The third-order valence-electron chi connectivity index (χ3n) is 2.53. The summed E-state index contributed by atoms with van der Waals surface area (Å²) >= 11 is 0. The summed E-state index contributed by atoms with van der Waals surface area (Å²) in [6.07, 6.45) is 0. The Bertz CT molecular complexity index is 466. The van der Waals surface area contributed by atoms with E-state index in [9.17, 15) is 4.79 Å². The zero-order valence-corrected chi connectivity index (χ0v) is 12.8. The summed E-state index contributed by atoms with van der Waals surface area (Å²) in [6, 6.07) is 1.56. The van der Waals surface area contributed by atoms with Crippen LogP contribution in [-0.2, 0) is 5.41 Å². The van der Waals surface area contributed by atoms with Crippen LogP contribution in [0.5, 0.6) is 0 Å². The smallest absolute Gasteiger partial charge is 0.316 e. The highest BCUT2D eigenvalue weighted by atomic mass is 16.2. The Labute approximate surface area is 120 Å². The van der Waals surface area contributed by atoms with E-state index < -0.39 is 0 Å². The molecule has 0 atom stereocenters. The molecule has 0 bridgehead atoms. The molecule has 1 heterocycles. The van der Waals surface area contributed by atoms with Crippen molar-refractivity contribution in [3.05, 3.63) is 11.9 Å². The molecule has 1 aromatic heterocycles. The van der Waals surface area contributed by atoms with Gasteiger partial charge in [-0.2, -0.15) is 0 Å². The van der Waals surface area contributed by atoms with Crippen molar-refractivity contribution in [3.63, 3.8) is 0 Å². The number of hydrogen-bond donors (Lipinski definition) is 3. The third kappa shape index (κ3) is 4.91. The van der Waals surface area contributed by atoms with Gasteiger partial charge in [-0.15, -0.1) is 0 Å². The minimum atomic E-state index is -0.162. The Morgan fingerprint density at radius 2 is 1.95 bits per heavy atom. The predicted molar refractivity (Wildman–Crippen MR) is 80.7 cm³/mol. The fourth-order valence-corrected chi connectivity index (χ4v) is 1.41. The van der Waals surface area contributed by atoms with Crippen molar-refractivity contribution in [1.82, 2.24) is 20.2 Å². The summed E-state index contributed by atoms with van der Waals surface area (Å²) in [5.41, 5.74) is 5.62. The molecule has 20 heavy (non-hydrogen) atoms. The van der Waals surface area contributed by atoms with Crippen molar-refractivity contribution in [2.45, 2.75) is 26.2 Å². The van der Waals surface area contributed by atoms with Crippen LogP contribution in [0.15, 0.2) is 6.07 Å². The van der Waals surface area contributed by atoms with E-state index in [1.807, 2.05) is 20.8 Å². The maximum absolute atomic E-state index is 11.3. The number of carbonyl (C=O) groups excluding carboxylic acids is 1. The van der Waals surface area contributed by atoms with Crippen LogP contribution in [0.25, 0.3) is 0 Å². The predicted octanol–water partition coefficient (Wildman–Crippen LogP) is 1.04. The molecule has 1 rings (SSSR count). The second-order valence-corrected chi connectivity index (χ2v) is 5.80. The summed E-state index contributed by atoms with van der Waals surface area (Å²) in [6.45, 7) is 7.17. The lowest BCUT2D eigenvalue weighted by Crippen LogP contribution is -2.37. The van der Waals surface area contributed by atoms with E-state index >= 15 is 0 Å². The summed E-state index contributed by atoms with van der Waals surface area (Å²) in [5.74, 6) is 1.80. The van der Waals surface area contributed by atoms with Gasteiger partial charge in [-0.3, -0.25) is 0 Å². The molecule has 0 fully saturated rings. The molecule has 4 N–H and O–H groups in total. The van der Waals surface area contributed by atoms with Gasteiger partial charge in [0, 0.05) is 38.7 Å². The largest absolute Gasteiger partial charge is 0.384 e. The van der Waals surface area contributed by atoms with Crippen LogP contribution >= 0.6 is 0 Å². The van der Waals surface area contributed by atoms with E-state index in [4.69, 9.17) is 5.73 Å². The SMILES string of the molecule is CN(C)C(=O)NCCNc1cc(N)nc(C(C)(C)C)n1. The number of urea groups is 1. The molecule has 7 nitrogen and oxygen atoms in total. The Morgan fingerprint density at radius 1 is 1.30 bits per heavy atom. The molecule has 0 aromatic carbocycles. The van der Waals surface area contributed by atoms with Gasteiger partial charge in [0.2, 0.25) is 0 Å². The van der Waals surface area contributed by atoms with Crippen molar-refractivity contribution in [2.75, 3.05) is 38.2 Å². The first-order valence-electron chi connectivity index (χ1n) is 6.54. The number of carbonyl (C=O) groups is 1. The number of aromatic nitrogens is 2. The van der Waals surface area contributed by atoms with Crippen LogP contribution in [0.2, 0.25) is 0 Å². The molecule has 0 saturated carbocycles. The number of amides is 2. The lowest BCUT2D eigenvalue weighted by atomic mass is 9.96. The lowest BCUT2D eigenvalue weighted by Gasteiger charge is -2.18. The summed E-state index contributed by atoms with van der Waals surface area (Å²) in [7, 11) is 3.40. The van der Waals surface area contributed by atoms with Gasteiger partial charge in [-0.05, 0) is 0 Å². The monoisotopic (exact) mass is 280 g/mol. The van der Waals surface area contributed by atoms with Gasteiger partial charge in [0.25, 0.3) is 0 Å². The van der Waals surface area contributed by atoms with E-state index in [1.165, 1.54) is 4.90 Å².